The number of hydrogen-bond acceptors (Lipinski definition) is 2. The second kappa shape index (κ2) is 4.14. The summed E-state index contributed by atoms with van der Waals surface area (Å²) in [7, 11) is 0. The number of imidazole rings is 1. The van der Waals surface area contributed by atoms with E-state index < -0.39 is 0 Å². The molecule has 1 N–H and O–H groups in total. The first kappa shape index (κ1) is 11.3. The van der Waals surface area contributed by atoms with Crippen molar-refractivity contribution >= 4 is 27.0 Å². The molecule has 1 heterocycles. The quantitative estimate of drug-likeness (QED) is 0.690. The Labute approximate surface area is 113 Å². The highest BCUT2D eigenvalue weighted by atomic mass is 79.9. The van der Waals surface area contributed by atoms with Crippen LogP contribution < -0.4 is 0 Å². The maximum atomic E-state index is 10.2. The second-order valence-corrected chi connectivity index (χ2v) is 5.07. The van der Waals surface area contributed by atoms with E-state index in [9.17, 15) is 5.21 Å². The number of rotatable bonds is 1. The van der Waals surface area contributed by atoms with Crippen LogP contribution in [0, 0.1) is 6.92 Å². The van der Waals surface area contributed by atoms with Crippen LogP contribution in [-0.4, -0.2) is 14.9 Å². The summed E-state index contributed by atoms with van der Waals surface area (Å²) in [6.07, 6.45) is 0. The molecule has 0 aliphatic carbocycles. The topological polar surface area (TPSA) is 38.0 Å². The zero-order chi connectivity index (χ0) is 12.7. The minimum atomic E-state index is 0.545. The summed E-state index contributed by atoms with van der Waals surface area (Å²) in [4.78, 5) is 4.47. The molecule has 0 aliphatic heterocycles. The molecule has 0 atom stereocenters. The molecule has 0 amide bonds. The van der Waals surface area contributed by atoms with Gasteiger partial charge in [0, 0.05) is 10.0 Å². The smallest absolute Gasteiger partial charge is 0.177 e. The number of aryl methyl sites for hydroxylation is 1. The van der Waals surface area contributed by atoms with E-state index in [1.807, 2.05) is 49.4 Å². The molecule has 3 nitrogen and oxygen atoms in total. The van der Waals surface area contributed by atoms with E-state index in [4.69, 9.17) is 0 Å². The first-order valence-electron chi connectivity index (χ1n) is 5.60. The second-order valence-electron chi connectivity index (χ2n) is 4.22. The number of nitrogens with zero attached hydrogens (tertiary/aromatic N) is 2. The van der Waals surface area contributed by atoms with Crippen molar-refractivity contribution < 1.29 is 5.21 Å². The lowest BCUT2D eigenvalue weighted by atomic mass is 10.2. The van der Waals surface area contributed by atoms with E-state index in [0.29, 0.717) is 5.82 Å². The lowest BCUT2D eigenvalue weighted by Crippen LogP contribution is -1.94. The summed E-state index contributed by atoms with van der Waals surface area (Å²) in [5, 5.41) is 10.2. The molecule has 2 aromatic carbocycles. The van der Waals surface area contributed by atoms with Gasteiger partial charge in [0.1, 0.15) is 5.52 Å². The van der Waals surface area contributed by atoms with Gasteiger partial charge in [0.05, 0.1) is 5.52 Å². The lowest BCUT2D eigenvalue weighted by Gasteiger charge is -2.03. The SMILES string of the molecule is Cc1ccc2nc(-c3ccccc3Br)n(O)c2c1. The van der Waals surface area contributed by atoms with E-state index in [1.165, 1.54) is 0 Å². The van der Waals surface area contributed by atoms with Crippen molar-refractivity contribution in [2.24, 2.45) is 0 Å². The van der Waals surface area contributed by atoms with Gasteiger partial charge >= 0.3 is 0 Å². The standard InChI is InChI=1S/C14H11BrN2O/c1-9-6-7-12-13(8-9)17(18)14(16-12)10-4-2-3-5-11(10)15/h2-8,18H,1H3. The highest BCUT2D eigenvalue weighted by molar-refractivity contribution is 9.10. The number of fused-ring (bicyclic) bond motifs is 1. The van der Waals surface area contributed by atoms with E-state index in [0.717, 1.165) is 31.4 Å². The minimum Gasteiger partial charge on any atom is -0.426 e. The third-order valence-electron chi connectivity index (χ3n) is 2.90. The molecule has 0 bridgehead atoms. The van der Waals surface area contributed by atoms with Crippen LogP contribution in [0.2, 0.25) is 0 Å². The summed E-state index contributed by atoms with van der Waals surface area (Å²) < 4.78 is 2.05. The van der Waals surface area contributed by atoms with Gasteiger partial charge in [-0.15, -0.1) is 0 Å². The van der Waals surface area contributed by atoms with Crippen LogP contribution in [0.25, 0.3) is 22.4 Å². The average molecular weight is 303 g/mol. The fraction of sp³-hybridized carbons (Fsp3) is 0.0714. The van der Waals surface area contributed by atoms with Crippen molar-refractivity contribution in [2.75, 3.05) is 0 Å². The van der Waals surface area contributed by atoms with E-state index in [1.54, 1.807) is 0 Å². The summed E-state index contributed by atoms with van der Waals surface area (Å²) >= 11 is 3.47. The average Bonchev–Trinajstić information content (AvgIpc) is 2.68. The fourth-order valence-electron chi connectivity index (χ4n) is 1.99. The fourth-order valence-corrected chi connectivity index (χ4v) is 2.45. The van der Waals surface area contributed by atoms with Gasteiger partial charge in [0.25, 0.3) is 0 Å². The van der Waals surface area contributed by atoms with E-state index in [-0.39, 0.29) is 0 Å². The molecule has 90 valence electrons. The molecule has 0 unspecified atom stereocenters. The maximum absolute atomic E-state index is 10.2. The van der Waals surface area contributed by atoms with Crippen molar-refractivity contribution in [1.29, 1.82) is 0 Å². The molecule has 0 fully saturated rings. The Morgan fingerprint density at radius 2 is 1.94 bits per heavy atom. The van der Waals surface area contributed by atoms with Gasteiger partial charge in [-0.2, -0.15) is 4.73 Å². The van der Waals surface area contributed by atoms with Crippen molar-refractivity contribution in [3.8, 4) is 11.4 Å². The predicted octanol–water partition coefficient (Wildman–Crippen LogP) is 4.01. The highest BCUT2D eigenvalue weighted by Crippen LogP contribution is 2.29. The summed E-state index contributed by atoms with van der Waals surface area (Å²) in [5.41, 5.74) is 3.47. The van der Waals surface area contributed by atoms with Gasteiger partial charge in [0.2, 0.25) is 0 Å². The summed E-state index contributed by atoms with van der Waals surface area (Å²) in [5.74, 6) is 0.545. The highest BCUT2D eigenvalue weighted by Gasteiger charge is 2.13. The molecule has 1 aromatic heterocycles. The first-order valence-corrected chi connectivity index (χ1v) is 6.39. The van der Waals surface area contributed by atoms with E-state index in [2.05, 4.69) is 20.9 Å². The van der Waals surface area contributed by atoms with Gasteiger partial charge in [-0.25, -0.2) is 4.98 Å². The largest absolute Gasteiger partial charge is 0.426 e. The van der Waals surface area contributed by atoms with Crippen LogP contribution in [0.1, 0.15) is 5.56 Å². The molecule has 4 heteroatoms. The van der Waals surface area contributed by atoms with Gasteiger partial charge in [-0.1, -0.05) is 34.1 Å². The Hall–Kier alpha value is -1.81. The van der Waals surface area contributed by atoms with Crippen LogP contribution >= 0.6 is 15.9 Å². The lowest BCUT2D eigenvalue weighted by molar-refractivity contribution is 0.203. The molecule has 0 spiro atoms. The molecule has 18 heavy (non-hydrogen) atoms. The van der Waals surface area contributed by atoms with Crippen LogP contribution in [0.3, 0.4) is 0 Å². The van der Waals surface area contributed by atoms with Gasteiger partial charge < -0.3 is 5.21 Å². The van der Waals surface area contributed by atoms with Gasteiger partial charge in [0.15, 0.2) is 5.82 Å². The van der Waals surface area contributed by atoms with Gasteiger partial charge in [-0.05, 0) is 36.8 Å². The van der Waals surface area contributed by atoms with Crippen LogP contribution in [0.15, 0.2) is 46.9 Å². The summed E-state index contributed by atoms with van der Waals surface area (Å²) in [6.45, 7) is 1.99. The number of benzene rings is 2. The maximum Gasteiger partial charge on any atom is 0.177 e. The minimum absolute atomic E-state index is 0.545. The Morgan fingerprint density at radius 1 is 1.17 bits per heavy atom. The van der Waals surface area contributed by atoms with Crippen molar-refractivity contribution in [3.05, 3.63) is 52.5 Å². The molecule has 3 aromatic rings. The van der Waals surface area contributed by atoms with Gasteiger partial charge in [-0.3, -0.25) is 0 Å². The zero-order valence-electron chi connectivity index (χ0n) is 9.76. The van der Waals surface area contributed by atoms with Crippen molar-refractivity contribution in [2.45, 2.75) is 6.92 Å². The molecule has 0 aliphatic rings. The first-order chi connectivity index (χ1) is 8.66. The van der Waals surface area contributed by atoms with Crippen LogP contribution in [0.4, 0.5) is 0 Å². The zero-order valence-corrected chi connectivity index (χ0v) is 11.3. The Balaban J connectivity index is 2.31. The Kier molecular flexibility index (Phi) is 2.59. The van der Waals surface area contributed by atoms with Crippen LogP contribution in [-0.2, 0) is 0 Å². The van der Waals surface area contributed by atoms with Crippen LogP contribution in [0.5, 0.6) is 0 Å². The summed E-state index contributed by atoms with van der Waals surface area (Å²) in [6, 6.07) is 13.5. The predicted molar refractivity (Wildman–Crippen MR) is 74.8 cm³/mol. The number of hydrogen-bond donors (Lipinski definition) is 1. The molecular weight excluding hydrogens is 292 g/mol. The van der Waals surface area contributed by atoms with E-state index >= 15 is 0 Å². The molecular formula is C14H11BrN2O. The third-order valence-corrected chi connectivity index (χ3v) is 3.59. The molecule has 0 radical (unpaired) electrons. The molecule has 0 saturated carbocycles. The molecule has 3 rings (SSSR count). The Morgan fingerprint density at radius 3 is 2.72 bits per heavy atom. The number of halogens is 1. The monoisotopic (exact) mass is 302 g/mol. The Bertz CT molecular complexity index is 734. The van der Waals surface area contributed by atoms with Crippen molar-refractivity contribution in [1.82, 2.24) is 9.71 Å². The van der Waals surface area contributed by atoms with Crippen molar-refractivity contribution in [3.63, 3.8) is 0 Å². The molecule has 0 saturated heterocycles. The number of aromatic nitrogens is 2. The normalized spacial score (nSPS) is 11.0. The third kappa shape index (κ3) is 1.69.